The number of hydrogen-bond acceptors (Lipinski definition) is 5. The number of carbonyl (C=O) groups is 3. The lowest BCUT2D eigenvalue weighted by Crippen LogP contribution is -2.45. The van der Waals surface area contributed by atoms with E-state index in [0.717, 1.165) is 12.8 Å². The highest BCUT2D eigenvalue weighted by molar-refractivity contribution is 6.22. The van der Waals surface area contributed by atoms with Crippen LogP contribution in [0.25, 0.3) is 0 Å². The van der Waals surface area contributed by atoms with Gasteiger partial charge in [-0.25, -0.2) is 0 Å². The number of imide groups is 1. The van der Waals surface area contributed by atoms with E-state index in [0.29, 0.717) is 24.3 Å². The van der Waals surface area contributed by atoms with Crippen molar-refractivity contribution >= 4 is 30.1 Å². The first-order chi connectivity index (χ1) is 11.8. The van der Waals surface area contributed by atoms with Gasteiger partial charge in [0.25, 0.3) is 17.7 Å². The molecule has 1 aromatic rings. The molecule has 1 unspecified atom stereocenters. The molecule has 8 heteroatoms. The molecule has 7 nitrogen and oxygen atoms in total. The van der Waals surface area contributed by atoms with Crippen LogP contribution < -0.4 is 11.1 Å². The lowest BCUT2D eigenvalue weighted by molar-refractivity contribution is 0.0475. The maximum absolute atomic E-state index is 12.6. The highest BCUT2D eigenvalue weighted by atomic mass is 35.5. The summed E-state index contributed by atoms with van der Waals surface area (Å²) in [6.07, 6.45) is 1.68. The average Bonchev–Trinajstić information content (AvgIpc) is 3.15. The van der Waals surface area contributed by atoms with Gasteiger partial charge < -0.3 is 15.8 Å². The number of amides is 3. The van der Waals surface area contributed by atoms with Crippen LogP contribution >= 0.6 is 12.4 Å². The van der Waals surface area contributed by atoms with Gasteiger partial charge in [0.2, 0.25) is 0 Å². The molecule has 0 saturated carbocycles. The number of halogens is 1. The number of nitrogens with zero attached hydrogens (tertiary/aromatic N) is 1. The Morgan fingerprint density at radius 2 is 2.00 bits per heavy atom. The molecule has 0 spiro atoms. The molecule has 26 heavy (non-hydrogen) atoms. The molecule has 1 saturated heterocycles. The van der Waals surface area contributed by atoms with Crippen molar-refractivity contribution in [2.75, 3.05) is 19.7 Å². The summed E-state index contributed by atoms with van der Waals surface area (Å²) in [6.45, 7) is 4.84. The standard InChI is InChI=1S/C18H23N3O4.ClH/c1-18(2,19)10-20-15(22)11-5-6-13-14(8-11)17(24)21(16(13)23)9-12-4-3-7-25-12;/h5-6,8,12H,3-4,7,9-10,19H2,1-2H3,(H,20,22);1H. The number of benzene rings is 1. The van der Waals surface area contributed by atoms with Gasteiger partial charge in [0.15, 0.2) is 0 Å². The third kappa shape index (κ3) is 4.23. The van der Waals surface area contributed by atoms with Crippen LogP contribution in [0.3, 0.4) is 0 Å². The largest absolute Gasteiger partial charge is 0.376 e. The second kappa shape index (κ2) is 7.73. The van der Waals surface area contributed by atoms with Gasteiger partial charge in [-0.05, 0) is 44.9 Å². The van der Waals surface area contributed by atoms with E-state index >= 15 is 0 Å². The minimum atomic E-state index is -0.531. The average molecular weight is 382 g/mol. The minimum Gasteiger partial charge on any atom is -0.376 e. The third-order valence-electron chi connectivity index (χ3n) is 4.35. The molecule has 1 fully saturated rings. The van der Waals surface area contributed by atoms with Crippen molar-refractivity contribution in [2.24, 2.45) is 5.73 Å². The van der Waals surface area contributed by atoms with Crippen LogP contribution in [0.5, 0.6) is 0 Å². The molecule has 1 atom stereocenters. The summed E-state index contributed by atoms with van der Waals surface area (Å²) in [5.74, 6) is -1.02. The summed E-state index contributed by atoms with van der Waals surface area (Å²) < 4.78 is 5.51. The first-order valence-electron chi connectivity index (χ1n) is 8.45. The summed E-state index contributed by atoms with van der Waals surface area (Å²) in [5, 5.41) is 2.73. The molecule has 2 aliphatic heterocycles. The van der Waals surface area contributed by atoms with E-state index in [-0.39, 0.29) is 48.3 Å². The van der Waals surface area contributed by atoms with E-state index in [1.807, 2.05) is 0 Å². The lowest BCUT2D eigenvalue weighted by Gasteiger charge is -2.19. The van der Waals surface area contributed by atoms with Crippen LogP contribution in [0.4, 0.5) is 0 Å². The molecule has 3 rings (SSSR count). The zero-order valence-electron chi connectivity index (χ0n) is 14.9. The Morgan fingerprint density at radius 1 is 1.31 bits per heavy atom. The lowest BCUT2D eigenvalue weighted by atomic mass is 10.0. The summed E-state index contributed by atoms with van der Waals surface area (Å²) >= 11 is 0. The number of fused-ring (bicyclic) bond motifs is 1. The van der Waals surface area contributed by atoms with Gasteiger partial charge in [-0.15, -0.1) is 12.4 Å². The van der Waals surface area contributed by atoms with E-state index in [4.69, 9.17) is 10.5 Å². The molecule has 3 N–H and O–H groups in total. The van der Waals surface area contributed by atoms with Crippen LogP contribution in [-0.4, -0.2) is 54.0 Å². The molecular formula is C18H24ClN3O4. The molecule has 0 aliphatic carbocycles. The number of hydrogen-bond donors (Lipinski definition) is 2. The van der Waals surface area contributed by atoms with Crippen molar-refractivity contribution in [3.05, 3.63) is 34.9 Å². The number of rotatable bonds is 5. The van der Waals surface area contributed by atoms with Gasteiger partial charge in [0, 0.05) is 24.3 Å². The molecule has 2 heterocycles. The van der Waals surface area contributed by atoms with Crippen LogP contribution in [0.1, 0.15) is 57.8 Å². The fourth-order valence-electron chi connectivity index (χ4n) is 3.00. The van der Waals surface area contributed by atoms with E-state index in [1.165, 1.54) is 17.0 Å². The van der Waals surface area contributed by atoms with Crippen LogP contribution in [0, 0.1) is 0 Å². The first kappa shape index (κ1) is 20.4. The zero-order valence-corrected chi connectivity index (χ0v) is 15.7. The van der Waals surface area contributed by atoms with E-state index in [1.54, 1.807) is 19.9 Å². The molecule has 0 bridgehead atoms. The van der Waals surface area contributed by atoms with E-state index in [2.05, 4.69) is 5.32 Å². The van der Waals surface area contributed by atoms with Gasteiger partial charge in [0.05, 0.1) is 23.8 Å². The SMILES string of the molecule is CC(C)(N)CNC(=O)c1ccc2c(c1)C(=O)N(CC1CCCO1)C2=O.Cl. The minimum absolute atomic E-state index is 0. The number of ether oxygens (including phenoxy) is 1. The van der Waals surface area contributed by atoms with Crippen molar-refractivity contribution in [3.8, 4) is 0 Å². The quantitative estimate of drug-likeness (QED) is 0.749. The van der Waals surface area contributed by atoms with Crippen molar-refractivity contribution in [2.45, 2.75) is 38.3 Å². The summed E-state index contributed by atoms with van der Waals surface area (Å²) in [7, 11) is 0. The summed E-state index contributed by atoms with van der Waals surface area (Å²) in [4.78, 5) is 38.5. The predicted octanol–water partition coefficient (Wildman–Crippen LogP) is 1.35. The number of carbonyl (C=O) groups excluding carboxylic acids is 3. The molecule has 2 aliphatic rings. The molecular weight excluding hydrogens is 358 g/mol. The van der Waals surface area contributed by atoms with Gasteiger partial charge in [-0.3, -0.25) is 19.3 Å². The highest BCUT2D eigenvalue weighted by Crippen LogP contribution is 2.26. The topological polar surface area (TPSA) is 102 Å². The highest BCUT2D eigenvalue weighted by Gasteiger charge is 2.37. The van der Waals surface area contributed by atoms with Crippen LogP contribution in [0.2, 0.25) is 0 Å². The monoisotopic (exact) mass is 381 g/mol. The normalized spacial score (nSPS) is 19.3. The van der Waals surface area contributed by atoms with Gasteiger partial charge in [-0.2, -0.15) is 0 Å². The third-order valence-corrected chi connectivity index (χ3v) is 4.35. The van der Waals surface area contributed by atoms with Gasteiger partial charge in [-0.1, -0.05) is 0 Å². The van der Waals surface area contributed by atoms with Gasteiger partial charge >= 0.3 is 0 Å². The van der Waals surface area contributed by atoms with Crippen molar-refractivity contribution < 1.29 is 19.1 Å². The first-order valence-corrected chi connectivity index (χ1v) is 8.45. The predicted molar refractivity (Wildman–Crippen MR) is 98.6 cm³/mol. The fraction of sp³-hybridized carbons (Fsp3) is 0.500. The van der Waals surface area contributed by atoms with Crippen LogP contribution in [-0.2, 0) is 4.74 Å². The van der Waals surface area contributed by atoms with Crippen LogP contribution in [0.15, 0.2) is 18.2 Å². The van der Waals surface area contributed by atoms with Gasteiger partial charge in [0.1, 0.15) is 0 Å². The summed E-state index contributed by atoms with van der Waals surface area (Å²) in [6, 6.07) is 4.57. The Labute approximate surface area is 158 Å². The molecule has 142 valence electrons. The Kier molecular flexibility index (Phi) is 6.05. The maximum atomic E-state index is 12.6. The second-order valence-electron chi connectivity index (χ2n) is 7.29. The smallest absolute Gasteiger partial charge is 0.261 e. The Bertz CT molecular complexity index is 724. The fourth-order valence-corrected chi connectivity index (χ4v) is 3.00. The second-order valence-corrected chi connectivity index (χ2v) is 7.29. The molecule has 3 amide bonds. The number of nitrogens with one attached hydrogen (secondary N) is 1. The van der Waals surface area contributed by atoms with Crippen molar-refractivity contribution in [1.82, 2.24) is 10.2 Å². The van der Waals surface area contributed by atoms with Crippen molar-refractivity contribution in [3.63, 3.8) is 0 Å². The zero-order chi connectivity index (χ0) is 18.2. The maximum Gasteiger partial charge on any atom is 0.261 e. The molecule has 0 radical (unpaired) electrons. The Hall–Kier alpha value is -1.96. The Balaban J connectivity index is 0.00000243. The van der Waals surface area contributed by atoms with Crippen molar-refractivity contribution in [1.29, 1.82) is 0 Å². The molecule has 0 aromatic heterocycles. The van der Waals surface area contributed by atoms with E-state index < -0.39 is 5.54 Å². The van der Waals surface area contributed by atoms with E-state index in [9.17, 15) is 14.4 Å². The Morgan fingerprint density at radius 3 is 2.62 bits per heavy atom. The molecule has 1 aromatic carbocycles. The number of nitrogens with two attached hydrogens (primary N) is 1. The summed E-state index contributed by atoms with van der Waals surface area (Å²) in [5.41, 5.74) is 6.26.